The minimum atomic E-state index is -0.762. The van der Waals surface area contributed by atoms with E-state index in [1.165, 1.54) is 13.0 Å². The van der Waals surface area contributed by atoms with Gasteiger partial charge in [-0.2, -0.15) is 0 Å². The van der Waals surface area contributed by atoms with Crippen LogP contribution in [0.2, 0.25) is 0 Å². The summed E-state index contributed by atoms with van der Waals surface area (Å²) in [6.07, 6.45) is 0. The van der Waals surface area contributed by atoms with Gasteiger partial charge < -0.3 is 0 Å². The molecule has 1 aliphatic rings. The Balaban J connectivity index is 2.41. The highest BCUT2D eigenvalue weighted by molar-refractivity contribution is 6.01. The van der Waals surface area contributed by atoms with Crippen molar-refractivity contribution in [2.45, 2.75) is 34.6 Å². The first-order valence-electron chi connectivity index (χ1n) is 6.10. The van der Waals surface area contributed by atoms with E-state index in [1.54, 1.807) is 0 Å². The Morgan fingerprint density at radius 2 is 1.56 bits per heavy atom. The Kier molecular flexibility index (Phi) is 2.66. The molecule has 0 aliphatic heterocycles. The predicted octanol–water partition coefficient (Wildman–Crippen LogP) is 4.14. The number of Topliss-reactive ketones (excluding diaryl/α,β-unsaturated/α-hetero) is 1. The van der Waals surface area contributed by atoms with Gasteiger partial charge >= 0.3 is 0 Å². The Morgan fingerprint density at radius 1 is 1.06 bits per heavy atom. The van der Waals surface area contributed by atoms with Crippen molar-refractivity contribution in [2.24, 2.45) is 16.7 Å². The van der Waals surface area contributed by atoms with Crippen LogP contribution in [0.15, 0.2) is 12.1 Å². The van der Waals surface area contributed by atoms with Crippen LogP contribution in [0, 0.1) is 35.3 Å². The number of hydrogen-bond acceptors (Lipinski definition) is 1. The van der Waals surface area contributed by atoms with Gasteiger partial charge in [-0.15, -0.1) is 0 Å². The zero-order chi connectivity index (χ0) is 13.9. The molecule has 1 aromatic carbocycles. The van der Waals surface area contributed by atoms with Gasteiger partial charge in [0.25, 0.3) is 0 Å². The van der Waals surface area contributed by atoms with Crippen LogP contribution in [0.1, 0.15) is 43.6 Å². The third-order valence-electron chi connectivity index (χ3n) is 4.80. The molecule has 1 fully saturated rings. The molecule has 0 saturated heterocycles. The number of carbonyl (C=O) groups excluding carboxylic acids is 1. The number of carbonyl (C=O) groups is 1. The van der Waals surface area contributed by atoms with Crippen LogP contribution in [0.5, 0.6) is 0 Å². The van der Waals surface area contributed by atoms with Gasteiger partial charge in [0.15, 0.2) is 5.78 Å². The number of benzene rings is 1. The van der Waals surface area contributed by atoms with E-state index in [1.807, 2.05) is 27.7 Å². The third-order valence-corrected chi connectivity index (χ3v) is 4.80. The topological polar surface area (TPSA) is 17.1 Å². The Labute approximate surface area is 106 Å². The first-order chi connectivity index (χ1) is 8.10. The molecule has 0 amide bonds. The van der Waals surface area contributed by atoms with Crippen molar-refractivity contribution in [3.63, 3.8) is 0 Å². The number of rotatable bonds is 2. The number of ketones is 1. The number of hydrogen-bond donors (Lipinski definition) is 0. The van der Waals surface area contributed by atoms with Crippen LogP contribution < -0.4 is 0 Å². The van der Waals surface area contributed by atoms with Crippen LogP contribution in [0.4, 0.5) is 8.78 Å². The van der Waals surface area contributed by atoms with Gasteiger partial charge in [-0.25, -0.2) is 8.78 Å². The van der Waals surface area contributed by atoms with Crippen LogP contribution in [-0.2, 0) is 0 Å². The molecular weight excluding hydrogens is 234 g/mol. The van der Waals surface area contributed by atoms with E-state index < -0.39 is 11.6 Å². The molecule has 1 aromatic rings. The largest absolute Gasteiger partial charge is 0.294 e. The molecule has 0 atom stereocenters. The second-order valence-electron chi connectivity index (χ2n) is 6.32. The molecule has 98 valence electrons. The summed E-state index contributed by atoms with van der Waals surface area (Å²) in [5.74, 6) is -1.80. The molecule has 0 spiro atoms. The van der Waals surface area contributed by atoms with Gasteiger partial charge in [0.2, 0.25) is 0 Å². The Bertz CT molecular complexity index is 516. The summed E-state index contributed by atoms with van der Waals surface area (Å²) >= 11 is 0. The van der Waals surface area contributed by atoms with Crippen LogP contribution in [-0.4, -0.2) is 5.78 Å². The highest BCUT2D eigenvalue weighted by Crippen LogP contribution is 2.69. The monoisotopic (exact) mass is 252 g/mol. The van der Waals surface area contributed by atoms with E-state index >= 15 is 0 Å². The number of aryl methyl sites for hydroxylation is 1. The summed E-state index contributed by atoms with van der Waals surface area (Å²) in [7, 11) is 0. The van der Waals surface area contributed by atoms with Crippen molar-refractivity contribution in [1.82, 2.24) is 0 Å². The lowest BCUT2D eigenvalue weighted by Crippen LogP contribution is -2.10. The second-order valence-corrected chi connectivity index (χ2v) is 6.32. The fourth-order valence-electron chi connectivity index (χ4n) is 2.85. The lowest BCUT2D eigenvalue weighted by molar-refractivity contribution is 0.0941. The van der Waals surface area contributed by atoms with Crippen molar-refractivity contribution in [2.75, 3.05) is 0 Å². The van der Waals surface area contributed by atoms with E-state index in [0.29, 0.717) is 5.56 Å². The molecule has 0 radical (unpaired) electrons. The molecular formula is C15H18F2O. The van der Waals surface area contributed by atoms with Crippen molar-refractivity contribution >= 4 is 5.78 Å². The van der Waals surface area contributed by atoms with Crippen LogP contribution in [0.3, 0.4) is 0 Å². The quantitative estimate of drug-likeness (QED) is 0.723. The second kappa shape index (κ2) is 3.62. The molecule has 3 heteroatoms. The van der Waals surface area contributed by atoms with E-state index in [-0.39, 0.29) is 28.1 Å². The van der Waals surface area contributed by atoms with Gasteiger partial charge in [-0.05, 0) is 29.4 Å². The summed E-state index contributed by atoms with van der Waals surface area (Å²) < 4.78 is 26.9. The highest BCUT2D eigenvalue weighted by atomic mass is 19.1. The maximum Gasteiger partial charge on any atom is 0.170 e. The van der Waals surface area contributed by atoms with Crippen molar-refractivity contribution in [3.05, 3.63) is 34.9 Å². The maximum atomic E-state index is 13.7. The van der Waals surface area contributed by atoms with Crippen molar-refractivity contribution in [1.29, 1.82) is 0 Å². The zero-order valence-corrected chi connectivity index (χ0v) is 11.4. The summed E-state index contributed by atoms with van der Waals surface area (Å²) in [6, 6.07) is 2.11. The fraction of sp³-hybridized carbons (Fsp3) is 0.533. The number of halogens is 2. The Hall–Kier alpha value is -1.25. The first-order valence-corrected chi connectivity index (χ1v) is 6.10. The minimum Gasteiger partial charge on any atom is -0.294 e. The van der Waals surface area contributed by atoms with E-state index in [4.69, 9.17) is 0 Å². The lowest BCUT2D eigenvalue weighted by Gasteiger charge is -2.06. The maximum absolute atomic E-state index is 13.7. The SMILES string of the molecule is Cc1cc(C(=O)C2C(C)(C)C2(C)C)c(F)cc1F. The van der Waals surface area contributed by atoms with Gasteiger partial charge in [-0.1, -0.05) is 27.7 Å². The molecule has 0 aromatic heterocycles. The summed E-state index contributed by atoms with van der Waals surface area (Å²) in [5, 5.41) is 0. The molecule has 1 aliphatic carbocycles. The van der Waals surface area contributed by atoms with E-state index in [0.717, 1.165) is 6.07 Å². The van der Waals surface area contributed by atoms with Gasteiger partial charge in [0, 0.05) is 12.0 Å². The average Bonchev–Trinajstić information content (AvgIpc) is 2.62. The smallest absolute Gasteiger partial charge is 0.170 e. The molecule has 1 nitrogen and oxygen atoms in total. The standard InChI is InChI=1S/C15H18F2O/c1-8-6-9(11(17)7-10(8)16)12(18)13-14(2,3)15(13,4)5/h6-7,13H,1-5H3. The fourth-order valence-corrected chi connectivity index (χ4v) is 2.85. The summed E-state index contributed by atoms with van der Waals surface area (Å²) in [6.45, 7) is 9.55. The molecule has 2 rings (SSSR count). The first kappa shape index (κ1) is 13.2. The van der Waals surface area contributed by atoms with Gasteiger partial charge in [0.05, 0.1) is 5.56 Å². The normalized spacial score (nSPS) is 20.8. The molecule has 0 N–H and O–H groups in total. The third kappa shape index (κ3) is 1.60. The summed E-state index contributed by atoms with van der Waals surface area (Å²) in [4.78, 5) is 12.4. The predicted molar refractivity (Wildman–Crippen MR) is 66.5 cm³/mol. The zero-order valence-electron chi connectivity index (χ0n) is 11.4. The van der Waals surface area contributed by atoms with E-state index in [9.17, 15) is 13.6 Å². The van der Waals surface area contributed by atoms with Gasteiger partial charge in [-0.3, -0.25) is 4.79 Å². The van der Waals surface area contributed by atoms with E-state index in [2.05, 4.69) is 0 Å². The van der Waals surface area contributed by atoms with Crippen LogP contribution in [0.25, 0.3) is 0 Å². The molecule has 18 heavy (non-hydrogen) atoms. The minimum absolute atomic E-state index is 0.0116. The molecule has 0 unspecified atom stereocenters. The van der Waals surface area contributed by atoms with Gasteiger partial charge in [0.1, 0.15) is 11.6 Å². The molecule has 1 saturated carbocycles. The Morgan fingerprint density at radius 3 is 2.00 bits per heavy atom. The highest BCUT2D eigenvalue weighted by Gasteiger charge is 2.68. The van der Waals surface area contributed by atoms with Crippen molar-refractivity contribution in [3.8, 4) is 0 Å². The molecule has 0 bridgehead atoms. The average molecular weight is 252 g/mol. The summed E-state index contributed by atoms with van der Waals surface area (Å²) in [5.41, 5.74) is 0.0334. The lowest BCUT2D eigenvalue weighted by atomic mass is 9.99. The van der Waals surface area contributed by atoms with Crippen LogP contribution >= 0.6 is 0 Å². The van der Waals surface area contributed by atoms with Crippen molar-refractivity contribution < 1.29 is 13.6 Å². The molecule has 0 heterocycles.